The van der Waals surface area contributed by atoms with E-state index in [0.29, 0.717) is 0 Å². The average Bonchev–Trinajstić information content (AvgIpc) is 2.69. The normalized spacial score (nSPS) is 19.1. The maximum Gasteiger partial charge on any atom is 0.106 e. The van der Waals surface area contributed by atoms with Gasteiger partial charge in [-0.3, -0.25) is 0 Å². The third-order valence-electron chi connectivity index (χ3n) is 2.65. The van der Waals surface area contributed by atoms with Crippen molar-refractivity contribution in [2.45, 2.75) is 16.8 Å². The van der Waals surface area contributed by atoms with Crippen molar-refractivity contribution in [3.8, 4) is 0 Å². The van der Waals surface area contributed by atoms with Crippen LogP contribution in [0, 0.1) is 0 Å². The zero-order valence-electron chi connectivity index (χ0n) is 8.01. The molecule has 76 valence electrons. The molecule has 1 nitrogen and oxygen atoms in total. The zero-order valence-corrected chi connectivity index (χ0v) is 9.65. The Morgan fingerprint density at radius 2 is 2.00 bits per heavy atom. The van der Waals surface area contributed by atoms with Crippen LogP contribution >= 0.6 is 23.1 Å². The van der Waals surface area contributed by atoms with Gasteiger partial charge in [0.05, 0.1) is 0 Å². The standard InChI is InChI=1S/C12H10OS2/c13-12-8-3-1-2-4-10(8)15-7-11-9(12)5-6-14-11/h1-6,12-13H,7H2. The number of aliphatic hydroxyl groups is 1. The number of hydrogen-bond donors (Lipinski definition) is 1. The second-order valence-corrected chi connectivity index (χ2v) is 5.55. The van der Waals surface area contributed by atoms with Gasteiger partial charge in [-0.2, -0.15) is 0 Å². The van der Waals surface area contributed by atoms with E-state index in [0.717, 1.165) is 16.9 Å². The van der Waals surface area contributed by atoms with Crippen molar-refractivity contribution in [2.75, 3.05) is 0 Å². The van der Waals surface area contributed by atoms with Crippen LogP contribution in [0.15, 0.2) is 40.6 Å². The zero-order chi connectivity index (χ0) is 10.3. The van der Waals surface area contributed by atoms with Gasteiger partial charge in [0.25, 0.3) is 0 Å². The van der Waals surface area contributed by atoms with E-state index in [9.17, 15) is 5.11 Å². The highest BCUT2D eigenvalue weighted by Gasteiger charge is 2.22. The topological polar surface area (TPSA) is 20.2 Å². The first-order chi connectivity index (χ1) is 7.36. The Balaban J connectivity index is 2.18. The summed E-state index contributed by atoms with van der Waals surface area (Å²) in [5, 5.41) is 12.3. The molecule has 0 spiro atoms. The van der Waals surface area contributed by atoms with Crippen LogP contribution < -0.4 is 0 Å². The Kier molecular flexibility index (Phi) is 2.31. The lowest BCUT2D eigenvalue weighted by Crippen LogP contribution is -1.99. The van der Waals surface area contributed by atoms with Gasteiger partial charge >= 0.3 is 0 Å². The summed E-state index contributed by atoms with van der Waals surface area (Å²) < 4.78 is 0. The number of aliphatic hydroxyl groups excluding tert-OH is 1. The molecular weight excluding hydrogens is 224 g/mol. The van der Waals surface area contributed by atoms with Crippen LogP contribution in [-0.2, 0) is 5.75 Å². The van der Waals surface area contributed by atoms with Crippen LogP contribution in [-0.4, -0.2) is 5.11 Å². The fraction of sp³-hybridized carbons (Fsp3) is 0.167. The van der Waals surface area contributed by atoms with Crippen LogP contribution in [0.1, 0.15) is 22.1 Å². The Morgan fingerprint density at radius 3 is 2.93 bits per heavy atom. The molecule has 1 atom stereocenters. The van der Waals surface area contributed by atoms with Crippen molar-refractivity contribution >= 4 is 23.1 Å². The summed E-state index contributed by atoms with van der Waals surface area (Å²) in [6.07, 6.45) is -0.447. The minimum atomic E-state index is -0.447. The summed E-state index contributed by atoms with van der Waals surface area (Å²) in [6, 6.07) is 10.1. The summed E-state index contributed by atoms with van der Waals surface area (Å²) in [5.74, 6) is 0.973. The maximum atomic E-state index is 10.3. The molecule has 0 bridgehead atoms. The van der Waals surface area contributed by atoms with Crippen molar-refractivity contribution in [1.82, 2.24) is 0 Å². The van der Waals surface area contributed by atoms with Gasteiger partial charge in [0.1, 0.15) is 6.10 Å². The molecule has 1 unspecified atom stereocenters. The Hall–Kier alpha value is -0.770. The fourth-order valence-electron chi connectivity index (χ4n) is 1.86. The smallest absolute Gasteiger partial charge is 0.106 e. The Bertz CT molecular complexity index is 490. The van der Waals surface area contributed by atoms with Gasteiger partial charge in [-0.05, 0) is 28.6 Å². The first-order valence-corrected chi connectivity index (χ1v) is 6.69. The van der Waals surface area contributed by atoms with E-state index in [1.165, 1.54) is 9.77 Å². The summed E-state index contributed by atoms with van der Waals surface area (Å²) in [5.41, 5.74) is 2.12. The van der Waals surface area contributed by atoms with Gasteiger partial charge in [0.2, 0.25) is 0 Å². The first-order valence-electron chi connectivity index (χ1n) is 4.82. The third-order valence-corrected chi connectivity index (χ3v) is 4.88. The molecule has 0 aliphatic carbocycles. The number of rotatable bonds is 0. The molecular formula is C12H10OS2. The maximum absolute atomic E-state index is 10.3. The van der Waals surface area contributed by atoms with E-state index in [4.69, 9.17) is 0 Å². The highest BCUT2D eigenvalue weighted by atomic mass is 32.2. The molecule has 3 rings (SSSR count). The second kappa shape index (κ2) is 3.67. The summed E-state index contributed by atoms with van der Waals surface area (Å²) >= 11 is 3.54. The number of thiophene rings is 1. The molecule has 1 aliphatic rings. The third kappa shape index (κ3) is 1.51. The number of thioether (sulfide) groups is 1. The predicted octanol–water partition coefficient (Wildman–Crippen LogP) is 3.44. The minimum absolute atomic E-state index is 0.447. The summed E-state index contributed by atoms with van der Waals surface area (Å²) in [4.78, 5) is 2.50. The van der Waals surface area contributed by atoms with E-state index in [2.05, 4.69) is 11.4 Å². The number of benzene rings is 1. The lowest BCUT2D eigenvalue weighted by molar-refractivity contribution is 0.217. The molecule has 0 radical (unpaired) electrons. The van der Waals surface area contributed by atoms with Crippen LogP contribution in [0.4, 0.5) is 0 Å². The Morgan fingerprint density at radius 1 is 1.13 bits per heavy atom. The van der Waals surface area contributed by atoms with Crippen molar-refractivity contribution in [3.63, 3.8) is 0 Å². The molecule has 0 saturated carbocycles. The van der Waals surface area contributed by atoms with Crippen molar-refractivity contribution in [1.29, 1.82) is 0 Å². The molecule has 1 aromatic carbocycles. The van der Waals surface area contributed by atoms with Crippen LogP contribution in [0.25, 0.3) is 0 Å². The molecule has 15 heavy (non-hydrogen) atoms. The van der Waals surface area contributed by atoms with Gasteiger partial charge in [-0.15, -0.1) is 23.1 Å². The molecule has 2 heterocycles. The van der Waals surface area contributed by atoms with E-state index in [1.54, 1.807) is 11.3 Å². The number of fused-ring (bicyclic) bond motifs is 2. The minimum Gasteiger partial charge on any atom is -0.384 e. The first kappa shape index (κ1) is 9.46. The lowest BCUT2D eigenvalue weighted by atomic mass is 10.0. The van der Waals surface area contributed by atoms with E-state index < -0.39 is 6.10 Å². The van der Waals surface area contributed by atoms with Crippen LogP contribution in [0.5, 0.6) is 0 Å². The molecule has 1 aromatic heterocycles. The monoisotopic (exact) mass is 234 g/mol. The predicted molar refractivity (Wildman–Crippen MR) is 64.4 cm³/mol. The van der Waals surface area contributed by atoms with Gasteiger partial charge in [-0.1, -0.05) is 18.2 Å². The molecule has 2 aromatic rings. The molecule has 0 saturated heterocycles. The SMILES string of the molecule is OC1c2ccccc2SCc2sccc21. The second-order valence-electron chi connectivity index (χ2n) is 3.53. The molecule has 0 amide bonds. The average molecular weight is 234 g/mol. The molecule has 1 aliphatic heterocycles. The van der Waals surface area contributed by atoms with Gasteiger partial charge in [-0.25, -0.2) is 0 Å². The van der Waals surface area contributed by atoms with E-state index in [1.807, 2.05) is 36.0 Å². The molecule has 3 heteroatoms. The molecule has 1 N–H and O–H groups in total. The van der Waals surface area contributed by atoms with Crippen LogP contribution in [0.3, 0.4) is 0 Å². The van der Waals surface area contributed by atoms with Gasteiger partial charge < -0.3 is 5.11 Å². The highest BCUT2D eigenvalue weighted by molar-refractivity contribution is 7.98. The number of hydrogen-bond acceptors (Lipinski definition) is 3. The largest absolute Gasteiger partial charge is 0.384 e. The summed E-state index contributed by atoms with van der Waals surface area (Å²) in [7, 11) is 0. The van der Waals surface area contributed by atoms with E-state index in [-0.39, 0.29) is 0 Å². The summed E-state index contributed by atoms with van der Waals surface area (Å²) in [6.45, 7) is 0. The van der Waals surface area contributed by atoms with Gasteiger partial charge in [0.15, 0.2) is 0 Å². The van der Waals surface area contributed by atoms with Gasteiger partial charge in [0, 0.05) is 15.5 Å². The lowest BCUT2D eigenvalue weighted by Gasteiger charge is -2.10. The Labute approximate surface area is 96.8 Å². The fourth-order valence-corrected chi connectivity index (χ4v) is 3.98. The molecule has 0 fully saturated rings. The van der Waals surface area contributed by atoms with Crippen LogP contribution in [0.2, 0.25) is 0 Å². The van der Waals surface area contributed by atoms with E-state index >= 15 is 0 Å². The highest BCUT2D eigenvalue weighted by Crippen LogP contribution is 2.40. The quantitative estimate of drug-likeness (QED) is 0.753. The van der Waals surface area contributed by atoms with Crippen molar-refractivity contribution < 1.29 is 5.11 Å². The van der Waals surface area contributed by atoms with Crippen molar-refractivity contribution in [3.05, 3.63) is 51.7 Å². The van der Waals surface area contributed by atoms with Crippen molar-refractivity contribution in [2.24, 2.45) is 0 Å².